The van der Waals surface area contributed by atoms with Crippen molar-refractivity contribution in [3.63, 3.8) is 0 Å². The zero-order chi connectivity index (χ0) is 16.2. The Kier molecular flexibility index (Phi) is 6.65. The van der Waals surface area contributed by atoms with Gasteiger partial charge in [-0.05, 0) is 54.4 Å². The predicted molar refractivity (Wildman–Crippen MR) is 85.3 cm³/mol. The highest BCUT2D eigenvalue weighted by atomic mass is 79.9. The second-order valence-corrected chi connectivity index (χ2v) is 7.85. The first kappa shape index (κ1) is 18.4. The van der Waals surface area contributed by atoms with Crippen LogP contribution in [0.2, 0.25) is 0 Å². The summed E-state index contributed by atoms with van der Waals surface area (Å²) in [5.41, 5.74) is 0.846. The number of rotatable bonds is 6. The van der Waals surface area contributed by atoms with Gasteiger partial charge in [-0.15, -0.1) is 0 Å². The van der Waals surface area contributed by atoms with E-state index in [9.17, 15) is 13.2 Å². The van der Waals surface area contributed by atoms with Gasteiger partial charge in [0, 0.05) is 33.9 Å². The molecule has 1 aromatic carbocycles. The fraction of sp³-hybridized carbons (Fsp3) is 0.462. The highest BCUT2D eigenvalue weighted by Gasteiger charge is 2.19. The number of halogens is 2. The summed E-state index contributed by atoms with van der Waals surface area (Å²) in [6.07, 6.45) is -0.119. The Morgan fingerprint density at radius 2 is 2.10 bits per heavy atom. The third kappa shape index (κ3) is 5.25. The molecule has 0 radical (unpaired) electrons. The van der Waals surface area contributed by atoms with Crippen LogP contribution in [0.25, 0.3) is 0 Å². The van der Waals surface area contributed by atoms with E-state index in [0.717, 1.165) is 0 Å². The average molecular weight is 399 g/mol. The van der Waals surface area contributed by atoms with Crippen LogP contribution in [0.1, 0.15) is 29.8 Å². The van der Waals surface area contributed by atoms with Gasteiger partial charge < -0.3 is 10.1 Å². The molecule has 118 valence electrons. The van der Waals surface area contributed by atoms with Gasteiger partial charge in [-0.1, -0.05) is 0 Å². The zero-order valence-corrected chi connectivity index (χ0v) is 15.1. The average Bonchev–Trinajstić information content (AvgIpc) is 2.38. The van der Waals surface area contributed by atoms with Crippen molar-refractivity contribution >= 4 is 41.6 Å². The lowest BCUT2D eigenvalue weighted by molar-refractivity contribution is 0.0695. The van der Waals surface area contributed by atoms with Crippen LogP contribution in [0, 0.1) is 6.92 Å². The maximum absolute atomic E-state index is 12.1. The van der Waals surface area contributed by atoms with Gasteiger partial charge in [0.15, 0.2) is 0 Å². The lowest BCUT2D eigenvalue weighted by Gasteiger charge is -2.13. The van der Waals surface area contributed by atoms with E-state index in [1.54, 1.807) is 13.0 Å². The normalized spacial score (nSPS) is 13.0. The molecule has 0 saturated heterocycles. The summed E-state index contributed by atoms with van der Waals surface area (Å²) in [6.45, 7) is 6.29. The van der Waals surface area contributed by atoms with E-state index in [0.29, 0.717) is 23.2 Å². The zero-order valence-electron chi connectivity index (χ0n) is 11.9. The smallest absolute Gasteiger partial charge is 0.262 e. The first-order chi connectivity index (χ1) is 9.66. The lowest BCUT2D eigenvalue weighted by Crippen LogP contribution is -2.32. The molecule has 0 saturated carbocycles. The van der Waals surface area contributed by atoms with Crippen molar-refractivity contribution in [3.05, 3.63) is 27.7 Å². The van der Waals surface area contributed by atoms with Crippen molar-refractivity contribution in [3.8, 4) is 0 Å². The summed E-state index contributed by atoms with van der Waals surface area (Å²) in [5.74, 6) is -0.376. The molecule has 1 amide bonds. The van der Waals surface area contributed by atoms with Crippen LogP contribution in [0.15, 0.2) is 21.5 Å². The van der Waals surface area contributed by atoms with Crippen molar-refractivity contribution in [2.45, 2.75) is 31.8 Å². The van der Waals surface area contributed by atoms with Crippen LogP contribution >= 0.6 is 26.6 Å². The number of carbonyl (C=O) groups excluding carboxylic acids is 1. The molecule has 21 heavy (non-hydrogen) atoms. The van der Waals surface area contributed by atoms with E-state index in [2.05, 4.69) is 21.2 Å². The molecule has 5 nitrogen and oxygen atoms in total. The molecule has 0 fully saturated rings. The molecule has 1 unspecified atom stereocenters. The largest absolute Gasteiger partial charge is 0.377 e. The van der Waals surface area contributed by atoms with Crippen LogP contribution in [-0.4, -0.2) is 33.6 Å². The standard InChI is InChI=1S/C13H17BrClNO4S/c1-4-20-9(3)7-16-13(17)10-5-8(2)12(14)11(6-10)21(15,18)19/h5-6,9H,4,7H2,1-3H3,(H,16,17). The monoisotopic (exact) mass is 397 g/mol. The summed E-state index contributed by atoms with van der Waals surface area (Å²) in [4.78, 5) is 12.0. The molecule has 0 aliphatic heterocycles. The minimum Gasteiger partial charge on any atom is -0.377 e. The molecule has 1 atom stereocenters. The maximum Gasteiger partial charge on any atom is 0.262 e. The Morgan fingerprint density at radius 1 is 1.48 bits per heavy atom. The van der Waals surface area contributed by atoms with Crippen LogP contribution in [-0.2, 0) is 13.8 Å². The minimum absolute atomic E-state index is 0.118. The fourth-order valence-corrected chi connectivity index (χ4v) is 3.88. The van der Waals surface area contributed by atoms with Crippen LogP contribution in [0.4, 0.5) is 0 Å². The molecular weight excluding hydrogens is 382 g/mol. The van der Waals surface area contributed by atoms with Crippen molar-refractivity contribution in [1.29, 1.82) is 0 Å². The molecule has 1 aromatic rings. The van der Waals surface area contributed by atoms with E-state index in [4.69, 9.17) is 15.4 Å². The Bertz CT molecular complexity index is 633. The molecule has 0 aromatic heterocycles. The molecule has 0 aliphatic rings. The number of hydrogen-bond donors (Lipinski definition) is 1. The van der Waals surface area contributed by atoms with Crippen LogP contribution in [0.5, 0.6) is 0 Å². The third-order valence-electron chi connectivity index (χ3n) is 2.75. The SMILES string of the molecule is CCOC(C)CNC(=O)c1cc(C)c(Br)c(S(=O)(=O)Cl)c1. The molecule has 0 aliphatic carbocycles. The predicted octanol–water partition coefficient (Wildman–Crippen LogP) is 2.84. The molecule has 0 heterocycles. The van der Waals surface area contributed by atoms with Gasteiger partial charge in [-0.3, -0.25) is 4.79 Å². The molecule has 0 bridgehead atoms. The Labute approximate surface area is 137 Å². The Morgan fingerprint density at radius 3 is 2.62 bits per heavy atom. The lowest BCUT2D eigenvalue weighted by atomic mass is 10.1. The summed E-state index contributed by atoms with van der Waals surface area (Å²) >= 11 is 3.17. The van der Waals surface area contributed by atoms with Crippen LogP contribution < -0.4 is 5.32 Å². The van der Waals surface area contributed by atoms with E-state index in [-0.39, 0.29) is 22.5 Å². The first-order valence-electron chi connectivity index (χ1n) is 6.31. The van der Waals surface area contributed by atoms with Crippen LogP contribution in [0.3, 0.4) is 0 Å². The molecule has 8 heteroatoms. The molecule has 0 spiro atoms. The third-order valence-corrected chi connectivity index (χ3v) is 5.41. The van der Waals surface area contributed by atoms with Gasteiger partial charge in [-0.25, -0.2) is 8.42 Å². The van der Waals surface area contributed by atoms with E-state index in [1.807, 2.05) is 13.8 Å². The Hall–Kier alpha value is -0.630. The summed E-state index contributed by atoms with van der Waals surface area (Å²) in [6, 6.07) is 2.84. The number of amides is 1. The number of nitrogens with one attached hydrogen (secondary N) is 1. The quantitative estimate of drug-likeness (QED) is 0.748. The number of aryl methyl sites for hydroxylation is 1. The van der Waals surface area contributed by atoms with Gasteiger partial charge in [0.2, 0.25) is 0 Å². The van der Waals surface area contributed by atoms with E-state index < -0.39 is 9.05 Å². The minimum atomic E-state index is -3.93. The van der Waals surface area contributed by atoms with Gasteiger partial charge in [0.05, 0.1) is 11.0 Å². The topological polar surface area (TPSA) is 72.5 Å². The van der Waals surface area contributed by atoms with Crippen molar-refractivity contribution < 1.29 is 17.9 Å². The van der Waals surface area contributed by atoms with Crippen molar-refractivity contribution in [1.82, 2.24) is 5.32 Å². The highest BCUT2D eigenvalue weighted by Crippen LogP contribution is 2.29. The fourth-order valence-electron chi connectivity index (χ4n) is 1.73. The first-order valence-corrected chi connectivity index (χ1v) is 9.41. The second kappa shape index (κ2) is 7.58. The summed E-state index contributed by atoms with van der Waals surface area (Å²) in [7, 11) is 1.44. The number of benzene rings is 1. The number of carbonyl (C=O) groups is 1. The van der Waals surface area contributed by atoms with Gasteiger partial charge in [0.25, 0.3) is 15.0 Å². The summed E-state index contributed by atoms with van der Waals surface area (Å²) < 4.78 is 28.7. The molecule has 1 N–H and O–H groups in total. The van der Waals surface area contributed by atoms with Gasteiger partial charge >= 0.3 is 0 Å². The van der Waals surface area contributed by atoms with E-state index in [1.165, 1.54) is 6.07 Å². The Balaban J connectivity index is 2.99. The van der Waals surface area contributed by atoms with Crippen molar-refractivity contribution in [2.75, 3.05) is 13.2 Å². The number of hydrogen-bond acceptors (Lipinski definition) is 4. The summed E-state index contributed by atoms with van der Waals surface area (Å²) in [5, 5.41) is 2.69. The maximum atomic E-state index is 12.1. The van der Waals surface area contributed by atoms with Gasteiger partial charge in [-0.2, -0.15) is 0 Å². The number of ether oxygens (including phenoxy) is 1. The highest BCUT2D eigenvalue weighted by molar-refractivity contribution is 9.10. The second-order valence-electron chi connectivity index (χ2n) is 4.52. The van der Waals surface area contributed by atoms with Crippen molar-refractivity contribution in [2.24, 2.45) is 0 Å². The molecular formula is C13H17BrClNO4S. The molecule has 1 rings (SSSR count). The van der Waals surface area contributed by atoms with Gasteiger partial charge in [0.1, 0.15) is 0 Å². The van der Waals surface area contributed by atoms with E-state index >= 15 is 0 Å².